The van der Waals surface area contributed by atoms with Crippen LogP contribution in [0.25, 0.3) is 21.9 Å². The van der Waals surface area contributed by atoms with Crippen LogP contribution in [0.15, 0.2) is 42.5 Å². The highest BCUT2D eigenvalue weighted by Crippen LogP contribution is 2.25. The van der Waals surface area contributed by atoms with Gasteiger partial charge in [0, 0.05) is 22.2 Å². The Kier molecular flexibility index (Phi) is 3.50. The van der Waals surface area contributed by atoms with E-state index in [-0.39, 0.29) is 5.91 Å². The third-order valence-corrected chi connectivity index (χ3v) is 4.38. The van der Waals surface area contributed by atoms with Gasteiger partial charge in [-0.15, -0.1) is 0 Å². The van der Waals surface area contributed by atoms with E-state index in [1.165, 1.54) is 0 Å². The van der Waals surface area contributed by atoms with Crippen LogP contribution in [0.1, 0.15) is 27.4 Å². The fraction of sp³-hybridized carbons (Fsp3) is 0.150. The molecule has 0 atom stereocenters. The van der Waals surface area contributed by atoms with Gasteiger partial charge in [-0.25, -0.2) is 9.97 Å². The molecule has 5 heteroatoms. The molecule has 4 aromatic rings. The van der Waals surface area contributed by atoms with Crippen LogP contribution < -0.4 is 5.32 Å². The number of rotatable bonds is 2. The first-order valence-corrected chi connectivity index (χ1v) is 8.16. The lowest BCUT2D eigenvalue weighted by Crippen LogP contribution is -2.12. The minimum Gasteiger partial charge on any atom is -0.359 e. The lowest BCUT2D eigenvalue weighted by molar-refractivity contribution is 0.102. The van der Waals surface area contributed by atoms with Crippen molar-refractivity contribution in [1.82, 2.24) is 15.0 Å². The maximum atomic E-state index is 12.7. The Bertz CT molecular complexity index is 1130. The van der Waals surface area contributed by atoms with Crippen LogP contribution in [0.5, 0.6) is 0 Å². The lowest BCUT2D eigenvalue weighted by atomic mass is 10.1. The standard InChI is InChI=1S/C20H18N4O/c1-11-9-15-16(21-11)5-4-6-17(15)24-20(25)14-7-8-18-19(10-14)23-13(3)12(2)22-18/h4-10,21H,1-3H3,(H,24,25). The molecule has 0 bridgehead atoms. The second kappa shape index (κ2) is 5.70. The van der Waals surface area contributed by atoms with Crippen molar-refractivity contribution in [2.75, 3.05) is 5.32 Å². The number of nitrogens with zero attached hydrogens (tertiary/aromatic N) is 2. The molecule has 0 aliphatic rings. The number of amides is 1. The molecule has 2 aromatic carbocycles. The number of aryl methyl sites for hydroxylation is 3. The zero-order valence-electron chi connectivity index (χ0n) is 14.3. The third-order valence-electron chi connectivity index (χ3n) is 4.38. The summed E-state index contributed by atoms with van der Waals surface area (Å²) >= 11 is 0. The van der Waals surface area contributed by atoms with Crippen molar-refractivity contribution >= 4 is 33.5 Å². The quantitative estimate of drug-likeness (QED) is 0.576. The molecule has 2 aromatic heterocycles. The molecule has 0 radical (unpaired) electrons. The molecule has 1 amide bonds. The van der Waals surface area contributed by atoms with Crippen molar-refractivity contribution in [1.29, 1.82) is 0 Å². The Morgan fingerprint density at radius 1 is 0.960 bits per heavy atom. The van der Waals surface area contributed by atoms with Gasteiger partial charge in [0.15, 0.2) is 0 Å². The summed E-state index contributed by atoms with van der Waals surface area (Å²) in [5, 5.41) is 4.00. The molecule has 0 aliphatic heterocycles. The first kappa shape index (κ1) is 15.3. The molecule has 0 saturated carbocycles. The second-order valence-corrected chi connectivity index (χ2v) is 6.27. The fourth-order valence-electron chi connectivity index (χ4n) is 2.97. The van der Waals surface area contributed by atoms with E-state index >= 15 is 0 Å². The Balaban J connectivity index is 1.70. The Labute approximate surface area is 145 Å². The Hall–Kier alpha value is -3.21. The molecule has 0 aliphatic carbocycles. The van der Waals surface area contributed by atoms with Crippen molar-refractivity contribution in [2.24, 2.45) is 0 Å². The van der Waals surface area contributed by atoms with Gasteiger partial charge in [0.2, 0.25) is 0 Å². The number of fused-ring (bicyclic) bond motifs is 2. The molecule has 124 valence electrons. The van der Waals surface area contributed by atoms with Gasteiger partial charge in [-0.1, -0.05) is 6.07 Å². The highest BCUT2D eigenvalue weighted by atomic mass is 16.1. The first-order chi connectivity index (χ1) is 12.0. The zero-order valence-corrected chi connectivity index (χ0v) is 14.3. The van der Waals surface area contributed by atoms with Crippen LogP contribution in [0.4, 0.5) is 5.69 Å². The van der Waals surface area contributed by atoms with E-state index in [1.54, 1.807) is 12.1 Å². The summed E-state index contributed by atoms with van der Waals surface area (Å²) in [5.41, 5.74) is 6.72. The summed E-state index contributed by atoms with van der Waals surface area (Å²) in [5.74, 6) is -0.159. The molecule has 0 saturated heterocycles. The summed E-state index contributed by atoms with van der Waals surface area (Å²) in [7, 11) is 0. The van der Waals surface area contributed by atoms with Crippen LogP contribution in [-0.2, 0) is 0 Å². The van der Waals surface area contributed by atoms with Crippen molar-refractivity contribution in [3.05, 3.63) is 65.1 Å². The number of benzene rings is 2. The Morgan fingerprint density at radius 2 is 1.72 bits per heavy atom. The number of nitrogens with one attached hydrogen (secondary N) is 2. The number of carbonyl (C=O) groups is 1. The number of H-pyrrole nitrogens is 1. The van der Waals surface area contributed by atoms with Gasteiger partial charge in [-0.05, 0) is 57.2 Å². The van der Waals surface area contributed by atoms with Crippen molar-refractivity contribution in [3.8, 4) is 0 Å². The minimum atomic E-state index is -0.159. The van der Waals surface area contributed by atoms with Gasteiger partial charge in [-0.2, -0.15) is 0 Å². The van der Waals surface area contributed by atoms with Crippen LogP contribution in [-0.4, -0.2) is 20.9 Å². The van der Waals surface area contributed by atoms with Crippen LogP contribution >= 0.6 is 0 Å². The largest absolute Gasteiger partial charge is 0.359 e. The van der Waals surface area contributed by atoms with Crippen LogP contribution in [0.3, 0.4) is 0 Å². The maximum absolute atomic E-state index is 12.7. The van der Waals surface area contributed by atoms with Gasteiger partial charge < -0.3 is 10.3 Å². The molecular formula is C20H18N4O. The summed E-state index contributed by atoms with van der Waals surface area (Å²) in [6.45, 7) is 5.85. The van der Waals surface area contributed by atoms with Crippen LogP contribution in [0, 0.1) is 20.8 Å². The normalized spacial score (nSPS) is 11.2. The average molecular weight is 330 g/mol. The van der Waals surface area contributed by atoms with E-state index in [0.29, 0.717) is 5.56 Å². The fourth-order valence-corrected chi connectivity index (χ4v) is 2.97. The van der Waals surface area contributed by atoms with Gasteiger partial charge in [0.25, 0.3) is 5.91 Å². The number of aromatic amines is 1. The van der Waals surface area contributed by atoms with Gasteiger partial charge >= 0.3 is 0 Å². The number of hydrogen-bond acceptors (Lipinski definition) is 3. The topological polar surface area (TPSA) is 70.7 Å². The second-order valence-electron chi connectivity index (χ2n) is 6.27. The molecular weight excluding hydrogens is 312 g/mol. The van der Waals surface area contributed by atoms with Crippen LogP contribution in [0.2, 0.25) is 0 Å². The lowest BCUT2D eigenvalue weighted by Gasteiger charge is -2.08. The minimum absolute atomic E-state index is 0.159. The van der Waals surface area contributed by atoms with Gasteiger partial charge in [0.05, 0.1) is 28.1 Å². The third kappa shape index (κ3) is 2.74. The number of aromatic nitrogens is 3. The summed E-state index contributed by atoms with van der Waals surface area (Å²) in [6.07, 6.45) is 0. The molecule has 5 nitrogen and oxygen atoms in total. The van der Waals surface area contributed by atoms with Crippen molar-refractivity contribution in [2.45, 2.75) is 20.8 Å². The van der Waals surface area contributed by atoms with E-state index in [2.05, 4.69) is 20.3 Å². The van der Waals surface area contributed by atoms with Gasteiger partial charge in [-0.3, -0.25) is 4.79 Å². The number of anilines is 1. The van der Waals surface area contributed by atoms with E-state index in [1.807, 2.05) is 51.1 Å². The van der Waals surface area contributed by atoms with E-state index in [4.69, 9.17) is 0 Å². The summed E-state index contributed by atoms with van der Waals surface area (Å²) in [4.78, 5) is 25.0. The molecule has 0 fully saturated rings. The molecule has 2 N–H and O–H groups in total. The molecule has 0 unspecified atom stereocenters. The van der Waals surface area contributed by atoms with Gasteiger partial charge in [0.1, 0.15) is 0 Å². The Morgan fingerprint density at radius 3 is 2.52 bits per heavy atom. The van der Waals surface area contributed by atoms with Crippen molar-refractivity contribution in [3.63, 3.8) is 0 Å². The molecule has 0 spiro atoms. The number of carbonyl (C=O) groups excluding carboxylic acids is 1. The van der Waals surface area contributed by atoms with E-state index < -0.39 is 0 Å². The summed E-state index contributed by atoms with van der Waals surface area (Å²) < 4.78 is 0. The predicted octanol–water partition coefficient (Wildman–Crippen LogP) is 4.29. The number of hydrogen-bond donors (Lipinski definition) is 2. The maximum Gasteiger partial charge on any atom is 0.255 e. The monoisotopic (exact) mass is 330 g/mol. The van der Waals surface area contributed by atoms with E-state index in [9.17, 15) is 4.79 Å². The van der Waals surface area contributed by atoms with Crippen molar-refractivity contribution < 1.29 is 4.79 Å². The molecule has 25 heavy (non-hydrogen) atoms. The molecule has 2 heterocycles. The smallest absolute Gasteiger partial charge is 0.255 e. The highest BCUT2D eigenvalue weighted by molar-refractivity contribution is 6.09. The highest BCUT2D eigenvalue weighted by Gasteiger charge is 2.11. The molecule has 4 rings (SSSR count). The zero-order chi connectivity index (χ0) is 17.6. The predicted molar refractivity (Wildman–Crippen MR) is 100 cm³/mol. The SMILES string of the molecule is Cc1cc2c(NC(=O)c3ccc4nc(C)c(C)nc4c3)cccc2[nH]1. The first-order valence-electron chi connectivity index (χ1n) is 8.16. The average Bonchev–Trinajstić information content (AvgIpc) is 2.97. The summed E-state index contributed by atoms with van der Waals surface area (Å²) in [6, 6.07) is 13.3. The van der Waals surface area contributed by atoms with E-state index in [0.717, 1.165) is 44.7 Å².